The summed E-state index contributed by atoms with van der Waals surface area (Å²) in [4.78, 5) is 4.05. The molecule has 1 N–H and O–H groups in total. The van der Waals surface area contributed by atoms with Gasteiger partial charge in [0.1, 0.15) is 5.52 Å². The Kier molecular flexibility index (Phi) is 3.58. The smallest absolute Gasteiger partial charge is 0.262 e. The van der Waals surface area contributed by atoms with Crippen molar-refractivity contribution in [3.05, 3.63) is 52.9 Å². The highest BCUT2D eigenvalue weighted by molar-refractivity contribution is 7.92. The average Bonchev–Trinajstić information content (AvgIpc) is 2.90. The minimum Gasteiger partial charge on any atom is -0.443 e. The maximum absolute atomic E-state index is 12.5. The molecule has 1 aromatic heterocycles. The number of nitrogens with one attached hydrogen (secondary N) is 1. The van der Waals surface area contributed by atoms with Crippen molar-refractivity contribution in [2.45, 2.75) is 18.7 Å². The van der Waals surface area contributed by atoms with Crippen molar-refractivity contribution in [2.75, 3.05) is 4.72 Å². The molecule has 2 aromatic carbocycles. The molecular formula is C15H13ClN2O3S. The summed E-state index contributed by atoms with van der Waals surface area (Å²) >= 11 is 6.15. The molecule has 0 aliphatic carbocycles. The molecule has 0 atom stereocenters. The van der Waals surface area contributed by atoms with Gasteiger partial charge in [0, 0.05) is 6.07 Å². The van der Waals surface area contributed by atoms with Crippen LogP contribution in [0.4, 0.5) is 5.69 Å². The first-order chi connectivity index (χ1) is 10.4. The topological polar surface area (TPSA) is 72.2 Å². The van der Waals surface area contributed by atoms with Crippen LogP contribution in [-0.4, -0.2) is 13.4 Å². The molecule has 3 aromatic rings. The van der Waals surface area contributed by atoms with Crippen LogP contribution in [0.2, 0.25) is 5.02 Å². The normalized spacial score (nSPS) is 11.8. The molecule has 22 heavy (non-hydrogen) atoms. The van der Waals surface area contributed by atoms with E-state index in [2.05, 4.69) is 9.71 Å². The van der Waals surface area contributed by atoms with Crippen molar-refractivity contribution >= 4 is 38.4 Å². The Morgan fingerprint density at radius 2 is 1.95 bits per heavy atom. The van der Waals surface area contributed by atoms with Crippen LogP contribution in [0, 0.1) is 13.8 Å². The van der Waals surface area contributed by atoms with Gasteiger partial charge < -0.3 is 4.42 Å². The third-order valence-electron chi connectivity index (χ3n) is 3.28. The lowest BCUT2D eigenvalue weighted by atomic mass is 10.1. The summed E-state index contributed by atoms with van der Waals surface area (Å²) in [5, 5.41) is 0.363. The second-order valence-electron chi connectivity index (χ2n) is 5.03. The zero-order valence-corrected chi connectivity index (χ0v) is 13.5. The number of benzene rings is 2. The molecule has 0 radical (unpaired) electrons. The van der Waals surface area contributed by atoms with Crippen molar-refractivity contribution in [3.63, 3.8) is 0 Å². The number of oxazole rings is 1. The van der Waals surface area contributed by atoms with Crippen LogP contribution in [0.25, 0.3) is 11.1 Å². The van der Waals surface area contributed by atoms with E-state index >= 15 is 0 Å². The Morgan fingerprint density at radius 3 is 2.68 bits per heavy atom. The molecule has 5 nitrogen and oxygen atoms in total. The van der Waals surface area contributed by atoms with Gasteiger partial charge >= 0.3 is 0 Å². The number of hydrogen-bond donors (Lipinski definition) is 1. The van der Waals surface area contributed by atoms with Crippen molar-refractivity contribution in [2.24, 2.45) is 0 Å². The number of fused-ring (bicyclic) bond motifs is 1. The number of nitrogens with zero attached hydrogens (tertiary/aromatic N) is 1. The lowest BCUT2D eigenvalue weighted by Crippen LogP contribution is -2.14. The third-order valence-corrected chi connectivity index (χ3v) is 4.93. The number of hydrogen-bond acceptors (Lipinski definition) is 4. The highest BCUT2D eigenvalue weighted by Crippen LogP contribution is 2.30. The summed E-state index contributed by atoms with van der Waals surface area (Å²) in [6.07, 6.45) is 1.27. The van der Waals surface area contributed by atoms with Crippen molar-refractivity contribution in [1.82, 2.24) is 4.98 Å². The van der Waals surface area contributed by atoms with Crippen LogP contribution in [0.15, 0.2) is 46.0 Å². The molecule has 1 heterocycles. The van der Waals surface area contributed by atoms with Crippen molar-refractivity contribution in [3.8, 4) is 0 Å². The second kappa shape index (κ2) is 5.30. The molecule has 0 aliphatic heterocycles. The minimum absolute atomic E-state index is 0.0905. The molecule has 0 saturated carbocycles. The van der Waals surface area contributed by atoms with Gasteiger partial charge in [-0.05, 0) is 43.2 Å². The fraction of sp³-hybridized carbons (Fsp3) is 0.133. The second-order valence-corrected chi connectivity index (χ2v) is 7.12. The van der Waals surface area contributed by atoms with Gasteiger partial charge in [0.05, 0.1) is 15.6 Å². The molecule has 0 aliphatic rings. The Bertz CT molecular complexity index is 941. The molecule has 0 bridgehead atoms. The van der Waals surface area contributed by atoms with Crippen LogP contribution < -0.4 is 4.72 Å². The zero-order valence-electron chi connectivity index (χ0n) is 11.9. The molecule has 3 rings (SSSR count). The number of aromatic nitrogens is 1. The number of aryl methyl sites for hydroxylation is 2. The minimum atomic E-state index is -3.76. The predicted octanol–water partition coefficient (Wildman–Crippen LogP) is 3.90. The zero-order chi connectivity index (χ0) is 15.9. The van der Waals surface area contributed by atoms with Gasteiger partial charge in [-0.2, -0.15) is 0 Å². The number of halogens is 1. The third kappa shape index (κ3) is 2.67. The van der Waals surface area contributed by atoms with Crippen molar-refractivity contribution in [1.29, 1.82) is 0 Å². The summed E-state index contributed by atoms with van der Waals surface area (Å²) in [5.74, 6) is 0. The lowest BCUT2D eigenvalue weighted by Gasteiger charge is -2.13. The fourth-order valence-corrected chi connectivity index (χ4v) is 3.83. The Morgan fingerprint density at radius 1 is 1.18 bits per heavy atom. The summed E-state index contributed by atoms with van der Waals surface area (Å²) in [6, 6.07) is 8.08. The number of rotatable bonds is 3. The fourth-order valence-electron chi connectivity index (χ4n) is 2.24. The van der Waals surface area contributed by atoms with Gasteiger partial charge in [0.15, 0.2) is 12.0 Å². The first-order valence-electron chi connectivity index (χ1n) is 6.49. The average molecular weight is 337 g/mol. The maximum Gasteiger partial charge on any atom is 0.262 e. The lowest BCUT2D eigenvalue weighted by molar-refractivity contribution is 0.594. The summed E-state index contributed by atoms with van der Waals surface area (Å²) < 4.78 is 32.7. The van der Waals surface area contributed by atoms with Gasteiger partial charge in [-0.3, -0.25) is 4.72 Å². The van der Waals surface area contributed by atoms with E-state index in [1.165, 1.54) is 18.5 Å². The summed E-state index contributed by atoms with van der Waals surface area (Å²) in [5.41, 5.74) is 3.12. The van der Waals surface area contributed by atoms with Crippen LogP contribution in [0.1, 0.15) is 11.1 Å². The van der Waals surface area contributed by atoms with Crippen LogP contribution in [0.3, 0.4) is 0 Å². The maximum atomic E-state index is 12.5. The molecule has 0 spiro atoms. The summed E-state index contributed by atoms with van der Waals surface area (Å²) in [6.45, 7) is 3.70. The Hall–Kier alpha value is -2.05. The first kappa shape index (κ1) is 14.9. The van der Waals surface area contributed by atoms with E-state index in [0.29, 0.717) is 21.8 Å². The van der Waals surface area contributed by atoms with Gasteiger partial charge in [-0.15, -0.1) is 0 Å². The van der Waals surface area contributed by atoms with Crippen LogP contribution in [-0.2, 0) is 10.0 Å². The SMILES string of the molecule is Cc1cc(C)c(NS(=O)(=O)c2ccc3ncoc3c2)c(Cl)c1. The molecule has 0 amide bonds. The van der Waals surface area contributed by atoms with E-state index in [1.54, 1.807) is 19.1 Å². The Balaban J connectivity index is 2.03. The van der Waals surface area contributed by atoms with E-state index in [9.17, 15) is 8.42 Å². The molecule has 0 unspecified atom stereocenters. The van der Waals surface area contributed by atoms with Gasteiger partial charge in [0.2, 0.25) is 0 Å². The van der Waals surface area contributed by atoms with E-state index < -0.39 is 10.0 Å². The number of anilines is 1. The summed E-state index contributed by atoms with van der Waals surface area (Å²) in [7, 11) is -3.76. The molecule has 114 valence electrons. The van der Waals surface area contributed by atoms with E-state index in [1.807, 2.05) is 13.0 Å². The highest BCUT2D eigenvalue weighted by Gasteiger charge is 2.18. The molecular weight excluding hydrogens is 324 g/mol. The Labute approximate surface area is 133 Å². The molecule has 7 heteroatoms. The standard InChI is InChI=1S/C15H13ClN2O3S/c1-9-5-10(2)15(12(16)6-9)18-22(19,20)11-3-4-13-14(7-11)21-8-17-13/h3-8,18H,1-2H3. The molecule has 0 fully saturated rings. The van der Waals surface area contributed by atoms with E-state index in [4.69, 9.17) is 16.0 Å². The van der Waals surface area contributed by atoms with Crippen LogP contribution >= 0.6 is 11.6 Å². The number of sulfonamides is 1. The highest BCUT2D eigenvalue weighted by atomic mass is 35.5. The largest absolute Gasteiger partial charge is 0.443 e. The quantitative estimate of drug-likeness (QED) is 0.787. The van der Waals surface area contributed by atoms with Crippen LogP contribution in [0.5, 0.6) is 0 Å². The van der Waals surface area contributed by atoms with Gasteiger partial charge in [0.25, 0.3) is 10.0 Å². The van der Waals surface area contributed by atoms with Gasteiger partial charge in [-0.1, -0.05) is 17.7 Å². The monoisotopic (exact) mass is 336 g/mol. The van der Waals surface area contributed by atoms with Gasteiger partial charge in [-0.25, -0.2) is 13.4 Å². The van der Waals surface area contributed by atoms with E-state index in [-0.39, 0.29) is 4.90 Å². The first-order valence-corrected chi connectivity index (χ1v) is 8.36. The predicted molar refractivity (Wildman–Crippen MR) is 85.7 cm³/mol. The van der Waals surface area contributed by atoms with Crippen molar-refractivity contribution < 1.29 is 12.8 Å². The van der Waals surface area contributed by atoms with E-state index in [0.717, 1.165) is 11.1 Å². The molecule has 0 saturated heterocycles.